The molecule has 13 heteroatoms. The summed E-state index contributed by atoms with van der Waals surface area (Å²) in [6.45, 7) is 0.573. The SMILES string of the molecule is N#CC1(NS(=O)(=O)c2cc(-c3ccc4c(c3)CCO4)c3cnc(-c4nnc(C(F)F)s4)n3c2)CC1. The normalized spacial score (nSPS) is 16.3. The highest BCUT2D eigenvalue weighted by Gasteiger charge is 2.47. The van der Waals surface area contributed by atoms with Gasteiger partial charge in [-0.2, -0.15) is 9.98 Å². The highest BCUT2D eigenvalue weighted by atomic mass is 32.2. The van der Waals surface area contributed by atoms with Crippen LogP contribution in [-0.4, -0.2) is 40.1 Å². The summed E-state index contributed by atoms with van der Waals surface area (Å²) in [4.78, 5) is 4.27. The second-order valence-corrected chi connectivity index (χ2v) is 11.1. The van der Waals surface area contributed by atoms with Gasteiger partial charge in [0, 0.05) is 18.2 Å². The van der Waals surface area contributed by atoms with Crippen molar-refractivity contribution in [2.24, 2.45) is 0 Å². The van der Waals surface area contributed by atoms with E-state index in [1.165, 1.54) is 16.7 Å². The zero-order chi connectivity index (χ0) is 24.4. The van der Waals surface area contributed by atoms with Crippen molar-refractivity contribution in [2.75, 3.05) is 6.61 Å². The van der Waals surface area contributed by atoms with Gasteiger partial charge in [-0.05, 0) is 42.2 Å². The van der Waals surface area contributed by atoms with Crippen LogP contribution in [0.15, 0.2) is 41.6 Å². The molecule has 4 aromatic rings. The van der Waals surface area contributed by atoms with Crippen molar-refractivity contribution in [2.45, 2.75) is 36.1 Å². The van der Waals surface area contributed by atoms with Crippen LogP contribution in [0.5, 0.6) is 5.75 Å². The number of halogens is 2. The predicted octanol–water partition coefficient (Wildman–Crippen LogP) is 3.73. The lowest BCUT2D eigenvalue weighted by molar-refractivity contribution is 0.150. The molecule has 178 valence electrons. The Morgan fingerprint density at radius 3 is 2.80 bits per heavy atom. The number of hydrogen-bond donors (Lipinski definition) is 1. The summed E-state index contributed by atoms with van der Waals surface area (Å²) < 4.78 is 62.4. The zero-order valence-corrected chi connectivity index (χ0v) is 19.5. The van der Waals surface area contributed by atoms with Crippen LogP contribution in [0.4, 0.5) is 8.78 Å². The number of fused-ring (bicyclic) bond motifs is 2. The summed E-state index contributed by atoms with van der Waals surface area (Å²) in [5.41, 5.74) is 1.77. The Hall–Kier alpha value is -3.47. The van der Waals surface area contributed by atoms with Crippen molar-refractivity contribution < 1.29 is 21.9 Å². The third-order valence-electron chi connectivity index (χ3n) is 6.04. The summed E-state index contributed by atoms with van der Waals surface area (Å²) >= 11 is 0.688. The zero-order valence-electron chi connectivity index (χ0n) is 17.9. The van der Waals surface area contributed by atoms with Gasteiger partial charge in [0.2, 0.25) is 10.0 Å². The van der Waals surface area contributed by atoms with Gasteiger partial charge in [-0.15, -0.1) is 10.2 Å². The molecule has 1 aromatic carbocycles. The van der Waals surface area contributed by atoms with Crippen LogP contribution in [0, 0.1) is 11.3 Å². The molecule has 1 N–H and O–H groups in total. The van der Waals surface area contributed by atoms with Crippen molar-refractivity contribution in [1.82, 2.24) is 24.3 Å². The molecule has 2 aliphatic rings. The molecule has 1 aliphatic heterocycles. The fraction of sp³-hybridized carbons (Fsp3) is 0.273. The molecule has 1 saturated carbocycles. The van der Waals surface area contributed by atoms with Crippen LogP contribution < -0.4 is 9.46 Å². The first kappa shape index (κ1) is 22.0. The number of nitrogens with one attached hydrogen (secondary N) is 1. The van der Waals surface area contributed by atoms with Gasteiger partial charge in [-0.3, -0.25) is 4.40 Å². The van der Waals surface area contributed by atoms with Gasteiger partial charge in [-0.1, -0.05) is 17.4 Å². The van der Waals surface area contributed by atoms with E-state index in [1.54, 1.807) is 6.20 Å². The third kappa shape index (κ3) is 3.74. The number of ether oxygens (including phenoxy) is 1. The minimum atomic E-state index is -4.08. The van der Waals surface area contributed by atoms with Crippen molar-refractivity contribution >= 4 is 26.9 Å². The Bertz CT molecular complexity index is 1640. The maximum absolute atomic E-state index is 13.3. The van der Waals surface area contributed by atoms with E-state index in [2.05, 4.69) is 19.9 Å². The number of nitriles is 1. The number of rotatable bonds is 6. The Balaban J connectivity index is 1.55. The highest BCUT2D eigenvalue weighted by Crippen LogP contribution is 2.38. The molecule has 0 radical (unpaired) electrons. The molecule has 0 bridgehead atoms. The standard InChI is InChI=1S/C22H16F2N6O3S2/c23-18(24)20-27-28-21(34-20)19-26-9-16-15(12-1-2-17-13(7-12)3-6-33-17)8-14(10-30(16)19)35(31,32)29-22(11-25)4-5-22/h1-2,7-10,18,29H,3-6H2. The molecule has 6 rings (SSSR count). The average molecular weight is 515 g/mol. The van der Waals surface area contributed by atoms with Crippen LogP contribution in [0.25, 0.3) is 27.5 Å². The number of benzene rings is 1. The van der Waals surface area contributed by atoms with Gasteiger partial charge < -0.3 is 4.74 Å². The second kappa shape index (κ2) is 7.77. The molecule has 1 aliphatic carbocycles. The number of aromatic nitrogens is 4. The van der Waals surface area contributed by atoms with E-state index in [0.717, 1.165) is 23.3 Å². The van der Waals surface area contributed by atoms with E-state index >= 15 is 0 Å². The Kier molecular flexibility index (Phi) is 4.89. The minimum absolute atomic E-state index is 0.0869. The van der Waals surface area contributed by atoms with E-state index < -0.39 is 27.0 Å². The molecule has 0 atom stereocenters. The quantitative estimate of drug-likeness (QED) is 0.416. The molecule has 4 heterocycles. The smallest absolute Gasteiger partial charge is 0.291 e. The first-order valence-electron chi connectivity index (χ1n) is 10.6. The molecular weight excluding hydrogens is 498 g/mol. The van der Waals surface area contributed by atoms with Crippen molar-refractivity contribution in [3.8, 4) is 33.8 Å². The Morgan fingerprint density at radius 2 is 2.09 bits per heavy atom. The molecule has 0 saturated heterocycles. The van der Waals surface area contributed by atoms with E-state index in [4.69, 9.17) is 4.74 Å². The number of sulfonamides is 1. The van der Waals surface area contributed by atoms with E-state index in [0.29, 0.717) is 41.9 Å². The first-order valence-corrected chi connectivity index (χ1v) is 12.9. The molecule has 35 heavy (non-hydrogen) atoms. The maximum atomic E-state index is 13.3. The monoisotopic (exact) mass is 514 g/mol. The van der Waals surface area contributed by atoms with Gasteiger partial charge in [0.15, 0.2) is 15.8 Å². The lowest BCUT2D eigenvalue weighted by Crippen LogP contribution is -2.35. The largest absolute Gasteiger partial charge is 0.493 e. The fourth-order valence-electron chi connectivity index (χ4n) is 4.05. The summed E-state index contributed by atoms with van der Waals surface area (Å²) in [7, 11) is -4.08. The highest BCUT2D eigenvalue weighted by molar-refractivity contribution is 7.89. The summed E-state index contributed by atoms with van der Waals surface area (Å²) in [5, 5.41) is 16.4. The van der Waals surface area contributed by atoms with Gasteiger partial charge in [0.05, 0.1) is 29.3 Å². The maximum Gasteiger partial charge on any atom is 0.291 e. The summed E-state index contributed by atoms with van der Waals surface area (Å²) in [6.07, 6.45) is 1.71. The van der Waals surface area contributed by atoms with Crippen LogP contribution in [0.1, 0.15) is 29.8 Å². The van der Waals surface area contributed by atoms with Crippen molar-refractivity contribution in [1.29, 1.82) is 5.26 Å². The number of pyridine rings is 1. The molecule has 0 unspecified atom stereocenters. The van der Waals surface area contributed by atoms with E-state index in [-0.39, 0.29) is 15.7 Å². The number of hydrogen-bond acceptors (Lipinski definition) is 8. The number of alkyl halides is 2. The minimum Gasteiger partial charge on any atom is -0.493 e. The fourth-order valence-corrected chi connectivity index (χ4v) is 6.14. The molecule has 3 aromatic heterocycles. The molecule has 0 amide bonds. The second-order valence-electron chi connectivity index (χ2n) is 8.39. The lowest BCUT2D eigenvalue weighted by Gasteiger charge is -2.14. The van der Waals surface area contributed by atoms with Crippen LogP contribution in [0.2, 0.25) is 0 Å². The summed E-state index contributed by atoms with van der Waals surface area (Å²) in [6, 6.07) is 9.15. The van der Waals surface area contributed by atoms with Gasteiger partial charge in [0.1, 0.15) is 11.3 Å². The average Bonchev–Trinajstić information content (AvgIpc) is 3.24. The van der Waals surface area contributed by atoms with Gasteiger partial charge >= 0.3 is 0 Å². The Labute approximate surface area is 202 Å². The first-order chi connectivity index (χ1) is 16.8. The van der Waals surface area contributed by atoms with E-state index in [1.807, 2.05) is 24.3 Å². The van der Waals surface area contributed by atoms with Crippen LogP contribution in [0.3, 0.4) is 0 Å². The van der Waals surface area contributed by atoms with Crippen LogP contribution in [-0.2, 0) is 16.4 Å². The topological polar surface area (TPSA) is 122 Å². The van der Waals surface area contributed by atoms with Crippen molar-refractivity contribution in [3.63, 3.8) is 0 Å². The number of nitrogens with zero attached hydrogens (tertiary/aromatic N) is 5. The van der Waals surface area contributed by atoms with Gasteiger partial charge in [-0.25, -0.2) is 22.2 Å². The predicted molar refractivity (Wildman–Crippen MR) is 122 cm³/mol. The molecular formula is C22H16F2N6O3S2. The van der Waals surface area contributed by atoms with Crippen LogP contribution >= 0.6 is 11.3 Å². The van der Waals surface area contributed by atoms with E-state index in [9.17, 15) is 22.5 Å². The Morgan fingerprint density at radius 1 is 1.26 bits per heavy atom. The molecule has 0 spiro atoms. The molecule has 1 fully saturated rings. The lowest BCUT2D eigenvalue weighted by atomic mass is 10.0. The summed E-state index contributed by atoms with van der Waals surface area (Å²) in [5.74, 6) is 0.969. The third-order valence-corrected chi connectivity index (χ3v) is 8.47. The van der Waals surface area contributed by atoms with Gasteiger partial charge in [0.25, 0.3) is 6.43 Å². The molecule has 9 nitrogen and oxygen atoms in total. The number of imidazole rings is 1. The van der Waals surface area contributed by atoms with Crippen molar-refractivity contribution in [3.05, 3.63) is 47.2 Å².